The number of pyridine rings is 2. The van der Waals surface area contributed by atoms with E-state index in [4.69, 9.17) is 14.2 Å². The van der Waals surface area contributed by atoms with Gasteiger partial charge < -0.3 is 19.1 Å². The van der Waals surface area contributed by atoms with E-state index < -0.39 is 5.91 Å². The number of ketones is 1. The second kappa shape index (κ2) is 11.2. The van der Waals surface area contributed by atoms with Gasteiger partial charge >= 0.3 is 0 Å². The highest BCUT2D eigenvalue weighted by molar-refractivity contribution is 7.14. The van der Waals surface area contributed by atoms with Crippen LogP contribution in [-0.4, -0.2) is 69.4 Å². The van der Waals surface area contributed by atoms with Crippen LogP contribution in [0.25, 0.3) is 0 Å². The van der Waals surface area contributed by atoms with Crippen molar-refractivity contribution in [3.05, 3.63) is 52.7 Å². The predicted octanol–water partition coefficient (Wildman–Crippen LogP) is 3.51. The number of hydrogen-bond acceptors (Lipinski definition) is 10. The number of Topliss-reactive ketones (excluding diaryl/α,β-unsaturated/α-hetero) is 1. The van der Waals surface area contributed by atoms with Crippen molar-refractivity contribution in [2.24, 2.45) is 0 Å². The molecule has 2 aliphatic heterocycles. The van der Waals surface area contributed by atoms with Gasteiger partial charge in [0.15, 0.2) is 10.9 Å². The first-order valence-corrected chi connectivity index (χ1v) is 13.2. The number of carbonyl (C=O) groups is 3. The van der Waals surface area contributed by atoms with Gasteiger partial charge in [-0.25, -0.2) is 9.97 Å². The highest BCUT2D eigenvalue weighted by Crippen LogP contribution is 2.25. The van der Waals surface area contributed by atoms with Crippen molar-refractivity contribution in [1.29, 1.82) is 0 Å². The zero-order valence-corrected chi connectivity index (χ0v) is 21.8. The summed E-state index contributed by atoms with van der Waals surface area (Å²) >= 11 is 1.23. The minimum Gasteiger partial charge on any atom is -0.475 e. The van der Waals surface area contributed by atoms with E-state index in [1.165, 1.54) is 29.7 Å². The minimum atomic E-state index is -0.442. The summed E-state index contributed by atoms with van der Waals surface area (Å²) in [6, 6.07) is 6.23. The zero-order valence-electron chi connectivity index (χ0n) is 21.0. The Hall–Kier alpha value is -3.90. The molecule has 1 N–H and O–H groups in total. The molecule has 1 unspecified atom stereocenters. The lowest BCUT2D eigenvalue weighted by atomic mass is 10.2. The number of nitrogens with one attached hydrogen (secondary N) is 1. The lowest BCUT2D eigenvalue weighted by molar-refractivity contribution is -0.119. The second-order valence-electron chi connectivity index (χ2n) is 9.25. The number of amides is 2. The molecule has 2 saturated heterocycles. The Balaban J connectivity index is 1.29. The van der Waals surface area contributed by atoms with Gasteiger partial charge in [-0.2, -0.15) is 4.98 Å². The average Bonchev–Trinajstić information content (AvgIpc) is 3.42. The maximum Gasteiger partial charge on any atom is 0.257 e. The minimum absolute atomic E-state index is 0.0263. The molecule has 198 valence electrons. The molecule has 5 heterocycles. The van der Waals surface area contributed by atoms with Crippen LogP contribution >= 0.6 is 11.3 Å². The molecular weight excluding hydrogens is 510 g/mol. The first-order chi connectivity index (χ1) is 18.3. The van der Waals surface area contributed by atoms with Crippen LogP contribution in [-0.2, 0) is 16.0 Å². The molecule has 0 bridgehead atoms. The fraction of sp³-hybridized carbons (Fsp3) is 0.385. The number of thiazole rings is 1. The maximum atomic E-state index is 13.0. The van der Waals surface area contributed by atoms with Crippen LogP contribution in [0.3, 0.4) is 0 Å². The van der Waals surface area contributed by atoms with Crippen LogP contribution in [0.15, 0.2) is 35.8 Å². The van der Waals surface area contributed by atoms with E-state index in [9.17, 15) is 14.4 Å². The van der Waals surface area contributed by atoms with Crippen molar-refractivity contribution < 1.29 is 28.6 Å². The van der Waals surface area contributed by atoms with E-state index in [2.05, 4.69) is 20.3 Å². The molecule has 3 aromatic heterocycles. The Bertz CT molecular complexity index is 1330. The molecule has 0 radical (unpaired) electrons. The Kier molecular flexibility index (Phi) is 7.61. The molecule has 11 nitrogen and oxygen atoms in total. The Morgan fingerprint density at radius 3 is 2.55 bits per heavy atom. The van der Waals surface area contributed by atoms with E-state index in [0.717, 1.165) is 25.9 Å². The lowest BCUT2D eigenvalue weighted by Crippen LogP contribution is -2.27. The summed E-state index contributed by atoms with van der Waals surface area (Å²) in [6.07, 6.45) is 3.13. The van der Waals surface area contributed by atoms with Crippen molar-refractivity contribution in [2.75, 3.05) is 25.0 Å². The highest BCUT2D eigenvalue weighted by Gasteiger charge is 2.31. The zero-order chi connectivity index (χ0) is 26.6. The van der Waals surface area contributed by atoms with Crippen LogP contribution in [0, 0.1) is 0 Å². The Labute approximate surface area is 223 Å². The number of aromatic nitrogens is 3. The average molecular weight is 538 g/mol. The second-order valence-corrected chi connectivity index (χ2v) is 10.1. The quantitative estimate of drug-likeness (QED) is 0.385. The third-order valence-electron chi connectivity index (χ3n) is 5.80. The number of carbonyl (C=O) groups excluding carboxylic acids is 3. The molecule has 5 rings (SSSR count). The fourth-order valence-electron chi connectivity index (χ4n) is 3.88. The first kappa shape index (κ1) is 25.7. The summed E-state index contributed by atoms with van der Waals surface area (Å²) in [5.74, 6) is 0.0105. The van der Waals surface area contributed by atoms with Crippen molar-refractivity contribution in [3.8, 4) is 17.6 Å². The van der Waals surface area contributed by atoms with E-state index >= 15 is 0 Å². The normalized spacial score (nSPS) is 16.4. The van der Waals surface area contributed by atoms with Crippen molar-refractivity contribution in [2.45, 2.75) is 45.3 Å². The topological polar surface area (TPSA) is 136 Å². The largest absolute Gasteiger partial charge is 0.475 e. The molecule has 3 aromatic rings. The number of nitrogens with zero attached hydrogens (tertiary/aromatic N) is 4. The fourth-order valence-corrected chi connectivity index (χ4v) is 4.59. The van der Waals surface area contributed by atoms with Gasteiger partial charge in [0.25, 0.3) is 11.8 Å². The van der Waals surface area contributed by atoms with Gasteiger partial charge in [-0.1, -0.05) is 0 Å². The van der Waals surface area contributed by atoms with Crippen LogP contribution in [0.4, 0.5) is 5.13 Å². The molecule has 2 amide bonds. The van der Waals surface area contributed by atoms with Crippen LogP contribution < -0.4 is 14.8 Å². The number of epoxide rings is 1. The summed E-state index contributed by atoms with van der Waals surface area (Å²) < 4.78 is 16.5. The number of likely N-dealkylation sites (tertiary alicyclic amines) is 1. The summed E-state index contributed by atoms with van der Waals surface area (Å²) in [5, 5.41) is 4.84. The van der Waals surface area contributed by atoms with Gasteiger partial charge in [-0.3, -0.25) is 19.7 Å². The van der Waals surface area contributed by atoms with Crippen LogP contribution in [0.1, 0.15) is 53.1 Å². The SMILES string of the molecule is CC(C)Oc1cc(C(=O)Nc2nc(CC(=O)C3CO3)cs2)cc(Oc2ccc(C(=O)N3CCCC3)cn2)n1. The van der Waals surface area contributed by atoms with Crippen molar-refractivity contribution >= 4 is 34.1 Å². The third kappa shape index (κ3) is 6.50. The van der Waals surface area contributed by atoms with Gasteiger partial charge in [-0.15, -0.1) is 11.3 Å². The number of hydrogen-bond donors (Lipinski definition) is 1. The summed E-state index contributed by atoms with van der Waals surface area (Å²) in [5.41, 5.74) is 1.30. The monoisotopic (exact) mass is 537 g/mol. The van der Waals surface area contributed by atoms with E-state index in [1.54, 1.807) is 17.5 Å². The third-order valence-corrected chi connectivity index (χ3v) is 6.61. The van der Waals surface area contributed by atoms with Gasteiger partial charge in [0.2, 0.25) is 17.6 Å². The Morgan fingerprint density at radius 2 is 1.87 bits per heavy atom. The van der Waals surface area contributed by atoms with Crippen LogP contribution in [0.2, 0.25) is 0 Å². The molecular formula is C26H27N5O6S. The molecule has 0 aromatic carbocycles. The smallest absolute Gasteiger partial charge is 0.257 e. The summed E-state index contributed by atoms with van der Waals surface area (Å²) in [7, 11) is 0. The molecule has 2 aliphatic rings. The number of ether oxygens (including phenoxy) is 3. The molecule has 38 heavy (non-hydrogen) atoms. The van der Waals surface area contributed by atoms with E-state index in [-0.39, 0.29) is 53.5 Å². The van der Waals surface area contributed by atoms with E-state index in [1.807, 2.05) is 18.7 Å². The number of anilines is 1. The molecule has 0 aliphatic carbocycles. The maximum absolute atomic E-state index is 13.0. The molecule has 2 fully saturated rings. The van der Waals surface area contributed by atoms with Gasteiger partial charge in [0, 0.05) is 42.9 Å². The van der Waals surface area contributed by atoms with Crippen molar-refractivity contribution in [3.63, 3.8) is 0 Å². The summed E-state index contributed by atoms with van der Waals surface area (Å²) in [6.45, 7) is 5.65. The summed E-state index contributed by atoms with van der Waals surface area (Å²) in [4.78, 5) is 52.3. The van der Waals surface area contributed by atoms with Crippen LogP contribution in [0.5, 0.6) is 17.6 Å². The lowest BCUT2D eigenvalue weighted by Gasteiger charge is -2.15. The molecule has 0 saturated carbocycles. The number of rotatable bonds is 10. The highest BCUT2D eigenvalue weighted by atomic mass is 32.1. The first-order valence-electron chi connectivity index (χ1n) is 12.4. The van der Waals surface area contributed by atoms with Gasteiger partial charge in [-0.05, 0) is 32.8 Å². The molecule has 0 spiro atoms. The van der Waals surface area contributed by atoms with Gasteiger partial charge in [0.05, 0.1) is 36.0 Å². The standard InChI is InChI=1S/C26H27N5O6S/c1-15(2)36-22-9-17(24(33)30-26-28-18(14-38-26)11-19(32)20-13-35-20)10-23(29-22)37-21-6-5-16(12-27-21)25(34)31-7-3-4-8-31/h5-6,9-10,12,14-15,20H,3-4,7-8,11,13H2,1-2H3,(H,28,30,33). The Morgan fingerprint density at radius 1 is 1.11 bits per heavy atom. The predicted molar refractivity (Wildman–Crippen MR) is 138 cm³/mol. The van der Waals surface area contributed by atoms with Gasteiger partial charge in [0.1, 0.15) is 6.10 Å². The molecule has 12 heteroatoms. The van der Waals surface area contributed by atoms with E-state index in [0.29, 0.717) is 23.0 Å². The van der Waals surface area contributed by atoms with Crippen molar-refractivity contribution in [1.82, 2.24) is 19.9 Å². The molecule has 1 atom stereocenters.